The molecule has 2 aromatic heterocycles. The number of hydrogen-bond acceptors (Lipinski definition) is 5. The summed E-state index contributed by atoms with van der Waals surface area (Å²) in [4.78, 5) is 20.4. The highest BCUT2D eigenvalue weighted by Crippen LogP contribution is 2.36. The quantitative estimate of drug-likeness (QED) is 0.750. The van der Waals surface area contributed by atoms with Gasteiger partial charge in [-0.2, -0.15) is 0 Å². The molecular weight excluding hydrogens is 341 g/mol. The number of fused-ring (bicyclic) bond motifs is 1. The zero-order chi connectivity index (χ0) is 17.6. The minimum absolute atomic E-state index is 0.0532. The van der Waals surface area contributed by atoms with Crippen LogP contribution in [0.25, 0.3) is 21.3 Å². The van der Waals surface area contributed by atoms with E-state index in [0.29, 0.717) is 11.6 Å². The number of alkyl halides is 1. The van der Waals surface area contributed by atoms with Gasteiger partial charge in [0.15, 0.2) is 5.13 Å². The monoisotopic (exact) mass is 357 g/mol. The molecule has 0 spiro atoms. The van der Waals surface area contributed by atoms with Crippen LogP contribution in [0.2, 0.25) is 0 Å². The van der Waals surface area contributed by atoms with E-state index in [0.717, 1.165) is 32.5 Å². The number of rotatable bonds is 4. The van der Waals surface area contributed by atoms with Gasteiger partial charge in [0.25, 0.3) is 0 Å². The third kappa shape index (κ3) is 3.01. The Hall–Kier alpha value is -2.38. The van der Waals surface area contributed by atoms with Gasteiger partial charge in [-0.05, 0) is 42.2 Å². The first-order chi connectivity index (χ1) is 12.1. The molecule has 1 fully saturated rings. The summed E-state index contributed by atoms with van der Waals surface area (Å²) >= 11 is 1.36. The maximum absolute atomic E-state index is 13.0. The van der Waals surface area contributed by atoms with Crippen LogP contribution >= 0.6 is 11.3 Å². The standard InChI is InChI=1S/C18H16FN3O2S/c1-9-11(8-23)6-20-7-13(9)10-2-3-15-16(4-10)25-18(21-15)22-17(24)12-5-14(12)19/h2-4,6-7,12,14,23H,5,8H2,1H3,(H,21,22,24)/t12-,14?/m1/s1. The van der Waals surface area contributed by atoms with Gasteiger partial charge in [0.05, 0.1) is 22.7 Å². The molecule has 3 aromatic rings. The van der Waals surface area contributed by atoms with Crippen LogP contribution in [0.1, 0.15) is 17.5 Å². The van der Waals surface area contributed by atoms with E-state index >= 15 is 0 Å². The van der Waals surface area contributed by atoms with E-state index in [1.165, 1.54) is 11.3 Å². The summed E-state index contributed by atoms with van der Waals surface area (Å²) in [6.45, 7) is 1.90. The van der Waals surface area contributed by atoms with E-state index < -0.39 is 12.1 Å². The van der Waals surface area contributed by atoms with Gasteiger partial charge >= 0.3 is 0 Å². The predicted octanol–water partition coefficient (Wildman–Crippen LogP) is 3.46. The van der Waals surface area contributed by atoms with Crippen molar-refractivity contribution in [2.24, 2.45) is 5.92 Å². The van der Waals surface area contributed by atoms with Gasteiger partial charge in [-0.25, -0.2) is 9.37 Å². The van der Waals surface area contributed by atoms with Crippen LogP contribution in [-0.4, -0.2) is 27.2 Å². The second kappa shape index (κ2) is 6.16. The molecule has 5 nitrogen and oxygen atoms in total. The summed E-state index contributed by atoms with van der Waals surface area (Å²) in [5, 5.41) is 12.6. The molecule has 1 saturated carbocycles. The summed E-state index contributed by atoms with van der Waals surface area (Å²) in [5.74, 6) is -0.833. The Labute approximate surface area is 147 Å². The number of benzene rings is 1. The Balaban J connectivity index is 1.65. The molecule has 0 aliphatic heterocycles. The minimum Gasteiger partial charge on any atom is -0.392 e. The number of aliphatic hydroxyl groups excluding tert-OH is 1. The molecule has 2 atom stereocenters. The van der Waals surface area contributed by atoms with Crippen molar-refractivity contribution in [3.8, 4) is 11.1 Å². The number of amides is 1. The first-order valence-corrected chi connectivity index (χ1v) is 8.78. The fourth-order valence-corrected chi connectivity index (χ4v) is 3.71. The Morgan fingerprint density at radius 2 is 2.24 bits per heavy atom. The normalized spacial score (nSPS) is 19.2. The molecule has 25 heavy (non-hydrogen) atoms. The van der Waals surface area contributed by atoms with Gasteiger partial charge < -0.3 is 10.4 Å². The fourth-order valence-electron chi connectivity index (χ4n) is 2.80. The molecule has 4 rings (SSSR count). The first-order valence-electron chi connectivity index (χ1n) is 7.97. The van der Waals surface area contributed by atoms with E-state index in [1.54, 1.807) is 12.4 Å². The third-order valence-electron chi connectivity index (χ3n) is 4.47. The van der Waals surface area contributed by atoms with Crippen LogP contribution in [0.15, 0.2) is 30.6 Å². The van der Waals surface area contributed by atoms with Gasteiger partial charge in [0.2, 0.25) is 5.91 Å². The number of thiazole rings is 1. The number of carbonyl (C=O) groups excluding carboxylic acids is 1. The second-order valence-electron chi connectivity index (χ2n) is 6.18. The highest BCUT2D eigenvalue weighted by Gasteiger charge is 2.43. The summed E-state index contributed by atoms with van der Waals surface area (Å²) in [7, 11) is 0. The van der Waals surface area contributed by atoms with E-state index in [4.69, 9.17) is 0 Å². The van der Waals surface area contributed by atoms with Crippen molar-refractivity contribution in [3.63, 3.8) is 0 Å². The largest absolute Gasteiger partial charge is 0.392 e. The van der Waals surface area contributed by atoms with Gasteiger partial charge in [-0.3, -0.25) is 9.78 Å². The van der Waals surface area contributed by atoms with Crippen molar-refractivity contribution in [2.75, 3.05) is 5.32 Å². The van der Waals surface area contributed by atoms with Gasteiger partial charge in [0, 0.05) is 18.0 Å². The number of hydrogen-bond donors (Lipinski definition) is 2. The van der Waals surface area contributed by atoms with Crippen LogP contribution < -0.4 is 5.32 Å². The lowest BCUT2D eigenvalue weighted by Crippen LogP contribution is -2.14. The van der Waals surface area contributed by atoms with Gasteiger partial charge in [-0.15, -0.1) is 0 Å². The molecule has 128 valence electrons. The van der Waals surface area contributed by atoms with Gasteiger partial charge in [0.1, 0.15) is 6.17 Å². The minimum atomic E-state index is -1.02. The highest BCUT2D eigenvalue weighted by atomic mass is 32.1. The summed E-state index contributed by atoms with van der Waals surface area (Å²) in [6.07, 6.45) is 2.71. The molecular formula is C18H16FN3O2S. The summed E-state index contributed by atoms with van der Waals surface area (Å²) < 4.78 is 13.9. The second-order valence-corrected chi connectivity index (χ2v) is 7.21. The Morgan fingerprint density at radius 3 is 2.96 bits per heavy atom. The highest BCUT2D eigenvalue weighted by molar-refractivity contribution is 7.22. The van der Waals surface area contributed by atoms with Gasteiger partial charge in [-0.1, -0.05) is 17.4 Å². The lowest BCUT2D eigenvalue weighted by molar-refractivity contribution is -0.117. The lowest BCUT2D eigenvalue weighted by Gasteiger charge is -2.09. The number of aliphatic hydroxyl groups is 1. The number of nitrogens with one attached hydrogen (secondary N) is 1. The number of halogens is 1. The topological polar surface area (TPSA) is 75.1 Å². The van der Waals surface area contributed by atoms with E-state index in [2.05, 4.69) is 15.3 Å². The SMILES string of the molecule is Cc1c(CO)cncc1-c1ccc2nc(NC(=O)[C@@H]3CC3F)sc2c1. The molecule has 2 heterocycles. The lowest BCUT2D eigenvalue weighted by atomic mass is 10.00. The summed E-state index contributed by atoms with van der Waals surface area (Å²) in [6, 6.07) is 5.82. The molecule has 1 aliphatic rings. The maximum atomic E-state index is 13.0. The first kappa shape index (κ1) is 16.1. The molecule has 1 unspecified atom stereocenters. The molecule has 1 amide bonds. The van der Waals surface area contributed by atoms with Crippen molar-refractivity contribution < 1.29 is 14.3 Å². The average molecular weight is 357 g/mol. The van der Waals surface area contributed by atoms with Crippen molar-refractivity contribution in [1.82, 2.24) is 9.97 Å². The zero-order valence-electron chi connectivity index (χ0n) is 13.5. The van der Waals surface area contributed by atoms with E-state index in [1.807, 2.05) is 25.1 Å². The zero-order valence-corrected chi connectivity index (χ0v) is 14.3. The Kier molecular flexibility index (Phi) is 3.97. The summed E-state index contributed by atoms with van der Waals surface area (Å²) in [5.41, 5.74) is 4.48. The third-order valence-corrected chi connectivity index (χ3v) is 5.40. The van der Waals surface area contributed by atoms with Crippen LogP contribution in [0.3, 0.4) is 0 Å². The van der Waals surface area contributed by atoms with Crippen molar-refractivity contribution >= 4 is 32.6 Å². The number of pyridine rings is 1. The molecule has 7 heteroatoms. The molecule has 1 aliphatic carbocycles. The Bertz CT molecular complexity index is 972. The average Bonchev–Trinajstić information content (AvgIpc) is 3.20. The molecule has 0 radical (unpaired) electrons. The number of anilines is 1. The van der Waals surface area contributed by atoms with E-state index in [-0.39, 0.29) is 12.5 Å². The molecule has 2 N–H and O–H groups in total. The predicted molar refractivity (Wildman–Crippen MR) is 95.1 cm³/mol. The fraction of sp³-hybridized carbons (Fsp3) is 0.278. The van der Waals surface area contributed by atoms with Crippen molar-refractivity contribution in [3.05, 3.63) is 41.7 Å². The maximum Gasteiger partial charge on any atom is 0.232 e. The molecule has 0 saturated heterocycles. The molecule has 0 bridgehead atoms. The number of aromatic nitrogens is 2. The van der Waals surface area contributed by atoms with Crippen LogP contribution in [0.5, 0.6) is 0 Å². The van der Waals surface area contributed by atoms with Crippen molar-refractivity contribution in [2.45, 2.75) is 26.1 Å². The Morgan fingerprint density at radius 1 is 1.44 bits per heavy atom. The number of nitrogens with zero attached hydrogens (tertiary/aromatic N) is 2. The smallest absolute Gasteiger partial charge is 0.232 e. The molecule has 1 aromatic carbocycles. The van der Waals surface area contributed by atoms with Crippen LogP contribution in [-0.2, 0) is 11.4 Å². The van der Waals surface area contributed by atoms with E-state index in [9.17, 15) is 14.3 Å². The van der Waals surface area contributed by atoms with Crippen LogP contribution in [0, 0.1) is 12.8 Å². The van der Waals surface area contributed by atoms with Crippen molar-refractivity contribution in [1.29, 1.82) is 0 Å². The van der Waals surface area contributed by atoms with Crippen LogP contribution in [0.4, 0.5) is 9.52 Å². The number of carbonyl (C=O) groups is 1.